The number of nitrogens with one attached hydrogen (secondary N) is 3. The largest absolute Gasteiger partial charge is 0.457 e. The first-order valence-electron chi connectivity index (χ1n) is 11.2. The van der Waals surface area contributed by atoms with Crippen LogP contribution in [0.25, 0.3) is 10.9 Å². The normalized spacial score (nSPS) is 14.6. The van der Waals surface area contributed by atoms with Crippen LogP contribution in [-0.4, -0.2) is 83.1 Å². The Balaban J connectivity index is 1.27. The number of aromatic nitrogens is 2. The summed E-state index contributed by atoms with van der Waals surface area (Å²) in [6.07, 6.45) is 4.08. The number of amides is 3. The highest BCUT2D eigenvalue weighted by molar-refractivity contribution is 5.92. The fourth-order valence-corrected chi connectivity index (χ4v) is 3.79. The number of fused-ring (bicyclic) bond motifs is 1. The van der Waals surface area contributed by atoms with E-state index in [0.29, 0.717) is 37.0 Å². The van der Waals surface area contributed by atoms with Crippen LogP contribution < -0.4 is 20.7 Å². The third-order valence-electron chi connectivity index (χ3n) is 5.59. The van der Waals surface area contributed by atoms with Crippen LogP contribution in [0.5, 0.6) is 11.5 Å². The molecule has 34 heavy (non-hydrogen) atoms. The Morgan fingerprint density at radius 1 is 1.09 bits per heavy atom. The highest BCUT2D eigenvalue weighted by atomic mass is 16.5. The van der Waals surface area contributed by atoms with Crippen molar-refractivity contribution in [3.05, 3.63) is 48.8 Å². The lowest BCUT2D eigenvalue weighted by Crippen LogP contribution is -2.45. The molecule has 11 nitrogen and oxygen atoms in total. The van der Waals surface area contributed by atoms with E-state index in [9.17, 15) is 14.8 Å². The van der Waals surface area contributed by atoms with Crippen molar-refractivity contribution in [3.8, 4) is 11.5 Å². The van der Waals surface area contributed by atoms with E-state index in [2.05, 4.69) is 25.8 Å². The summed E-state index contributed by atoms with van der Waals surface area (Å²) in [5.41, 5.74) is 0.774. The molecule has 180 valence electrons. The average molecular weight is 468 g/mol. The first kappa shape index (κ1) is 23.5. The molecular formula is C23H29N7O4. The van der Waals surface area contributed by atoms with E-state index < -0.39 is 0 Å². The molecule has 0 spiro atoms. The topological polar surface area (TPSA) is 124 Å². The molecule has 11 heteroatoms. The van der Waals surface area contributed by atoms with Crippen LogP contribution in [0.2, 0.25) is 0 Å². The fourth-order valence-electron chi connectivity index (χ4n) is 3.79. The van der Waals surface area contributed by atoms with Crippen molar-refractivity contribution in [1.29, 1.82) is 0 Å². The van der Waals surface area contributed by atoms with Crippen LogP contribution in [0.3, 0.4) is 0 Å². The number of piperazine rings is 1. The first-order chi connectivity index (χ1) is 16.5. The Kier molecular flexibility index (Phi) is 7.58. The summed E-state index contributed by atoms with van der Waals surface area (Å²) >= 11 is 0. The maximum atomic E-state index is 12.2. The molecular weight excluding hydrogens is 438 g/mol. The number of rotatable bonds is 7. The molecule has 4 N–H and O–H groups in total. The predicted octanol–water partition coefficient (Wildman–Crippen LogP) is 2.53. The van der Waals surface area contributed by atoms with E-state index >= 15 is 0 Å². The molecule has 1 aromatic carbocycles. The molecule has 3 heterocycles. The quantitative estimate of drug-likeness (QED) is 0.394. The molecule has 3 aromatic rings. The zero-order valence-electron chi connectivity index (χ0n) is 19.0. The first-order valence-corrected chi connectivity index (χ1v) is 11.2. The smallest absolute Gasteiger partial charge is 0.325 e. The molecule has 1 aliphatic heterocycles. The minimum atomic E-state index is -0.332. The summed E-state index contributed by atoms with van der Waals surface area (Å²) in [6.45, 7) is 4.35. The summed E-state index contributed by atoms with van der Waals surface area (Å²) in [7, 11) is 1.59. The van der Waals surface area contributed by atoms with Crippen molar-refractivity contribution in [2.24, 2.45) is 0 Å². The Bertz CT molecular complexity index is 1140. The van der Waals surface area contributed by atoms with E-state index in [1.165, 1.54) is 9.63 Å². The standard InChI is InChI=1S/C23H29N7O4/c1-24-23(32)30-10-6-17-15-18(3-4-20(17)30)34-19-5-8-25-21(16-19)27-22(31)26-7-2-9-28-11-13-29(33)14-12-28/h3-6,8,10,15-16,33H,2,7,9,11-14H2,1H3,(H,24,32)(H2,25,26,27,31). The second kappa shape index (κ2) is 11.0. The van der Waals surface area contributed by atoms with Crippen molar-refractivity contribution in [3.63, 3.8) is 0 Å². The van der Waals surface area contributed by atoms with Crippen molar-refractivity contribution < 1.29 is 19.5 Å². The van der Waals surface area contributed by atoms with Crippen LogP contribution in [0.15, 0.2) is 48.8 Å². The number of anilines is 1. The molecule has 3 amide bonds. The number of ether oxygens (including phenoxy) is 1. The van der Waals surface area contributed by atoms with E-state index in [4.69, 9.17) is 4.74 Å². The number of hydrogen-bond acceptors (Lipinski definition) is 7. The Labute approximate surface area is 197 Å². The van der Waals surface area contributed by atoms with E-state index in [0.717, 1.165) is 37.0 Å². The summed E-state index contributed by atoms with van der Waals surface area (Å²) in [5, 5.41) is 19.7. The average Bonchev–Trinajstić information content (AvgIpc) is 3.26. The SMILES string of the molecule is CNC(=O)n1ccc2cc(Oc3ccnc(NC(=O)NCCCN4CCN(O)CC4)c3)ccc21. The third kappa shape index (κ3) is 6.01. The van der Waals surface area contributed by atoms with Gasteiger partial charge in [-0.1, -0.05) is 0 Å². The minimum Gasteiger partial charge on any atom is -0.457 e. The van der Waals surface area contributed by atoms with Crippen LogP contribution in [0, 0.1) is 0 Å². The molecule has 0 saturated carbocycles. The Hall–Kier alpha value is -3.67. The lowest BCUT2D eigenvalue weighted by molar-refractivity contribution is -0.117. The number of pyridine rings is 1. The van der Waals surface area contributed by atoms with Crippen LogP contribution in [-0.2, 0) is 0 Å². The highest BCUT2D eigenvalue weighted by Gasteiger charge is 2.14. The van der Waals surface area contributed by atoms with Gasteiger partial charge in [-0.25, -0.2) is 14.6 Å². The minimum absolute atomic E-state index is 0.212. The van der Waals surface area contributed by atoms with Gasteiger partial charge in [0.1, 0.15) is 17.3 Å². The van der Waals surface area contributed by atoms with Gasteiger partial charge in [0.15, 0.2) is 0 Å². The zero-order chi connectivity index (χ0) is 23.9. The number of nitrogens with zero attached hydrogens (tertiary/aromatic N) is 4. The van der Waals surface area contributed by atoms with Gasteiger partial charge < -0.3 is 25.5 Å². The van der Waals surface area contributed by atoms with E-state index in [1.807, 2.05) is 18.2 Å². The zero-order valence-corrected chi connectivity index (χ0v) is 19.0. The van der Waals surface area contributed by atoms with Crippen molar-refractivity contribution >= 4 is 28.8 Å². The second-order valence-electron chi connectivity index (χ2n) is 7.97. The van der Waals surface area contributed by atoms with Crippen molar-refractivity contribution in [2.75, 3.05) is 51.6 Å². The number of benzene rings is 1. The molecule has 0 aliphatic carbocycles. The molecule has 4 rings (SSSR count). The lowest BCUT2D eigenvalue weighted by atomic mass is 10.2. The molecule has 2 aromatic heterocycles. The van der Waals surface area contributed by atoms with Crippen molar-refractivity contribution in [1.82, 2.24) is 30.1 Å². The number of hydroxylamine groups is 2. The van der Waals surface area contributed by atoms with Crippen LogP contribution in [0.4, 0.5) is 15.4 Å². The molecule has 1 saturated heterocycles. The van der Waals surface area contributed by atoms with Gasteiger partial charge in [-0.15, -0.1) is 0 Å². The van der Waals surface area contributed by atoms with Crippen molar-refractivity contribution in [2.45, 2.75) is 6.42 Å². The molecule has 1 fully saturated rings. The van der Waals surface area contributed by atoms with Gasteiger partial charge in [-0.3, -0.25) is 9.88 Å². The van der Waals surface area contributed by atoms with Gasteiger partial charge in [0.25, 0.3) is 0 Å². The maximum absolute atomic E-state index is 12.2. The van der Waals surface area contributed by atoms with E-state index in [1.54, 1.807) is 37.6 Å². The highest BCUT2D eigenvalue weighted by Crippen LogP contribution is 2.27. The molecule has 1 aliphatic rings. The number of hydrogen-bond donors (Lipinski definition) is 4. The molecule has 0 bridgehead atoms. The Morgan fingerprint density at radius 2 is 1.88 bits per heavy atom. The predicted molar refractivity (Wildman–Crippen MR) is 128 cm³/mol. The van der Waals surface area contributed by atoms with Gasteiger partial charge in [-0.05, 0) is 43.3 Å². The second-order valence-corrected chi connectivity index (χ2v) is 7.97. The van der Waals surface area contributed by atoms with Gasteiger partial charge in [0.05, 0.1) is 5.52 Å². The maximum Gasteiger partial charge on any atom is 0.325 e. The van der Waals surface area contributed by atoms with Gasteiger partial charge >= 0.3 is 12.1 Å². The summed E-state index contributed by atoms with van der Waals surface area (Å²) < 4.78 is 7.46. The number of carbonyl (C=O) groups excluding carboxylic acids is 2. The van der Waals surface area contributed by atoms with Gasteiger partial charge in [0, 0.05) is 63.6 Å². The van der Waals surface area contributed by atoms with Gasteiger partial charge in [-0.2, -0.15) is 5.06 Å². The summed E-state index contributed by atoms with van der Waals surface area (Å²) in [6, 6.07) is 10.1. The number of urea groups is 1. The lowest BCUT2D eigenvalue weighted by Gasteiger charge is -2.30. The third-order valence-corrected chi connectivity index (χ3v) is 5.59. The molecule has 0 atom stereocenters. The van der Waals surface area contributed by atoms with Crippen LogP contribution >= 0.6 is 0 Å². The number of carbonyl (C=O) groups is 2. The summed E-state index contributed by atoms with van der Waals surface area (Å²) in [5.74, 6) is 1.50. The fraction of sp³-hybridized carbons (Fsp3) is 0.348. The van der Waals surface area contributed by atoms with Crippen LogP contribution in [0.1, 0.15) is 6.42 Å². The van der Waals surface area contributed by atoms with Gasteiger partial charge in [0.2, 0.25) is 0 Å². The summed E-state index contributed by atoms with van der Waals surface area (Å²) in [4.78, 5) is 30.6. The monoisotopic (exact) mass is 467 g/mol. The Morgan fingerprint density at radius 3 is 2.68 bits per heavy atom. The molecule has 0 radical (unpaired) electrons. The van der Waals surface area contributed by atoms with E-state index in [-0.39, 0.29) is 12.1 Å². The molecule has 0 unspecified atom stereocenters.